The molecule has 0 aliphatic carbocycles. The Hall–Kier alpha value is -0.180. The van der Waals surface area contributed by atoms with Crippen LogP contribution < -0.4 is 0 Å². The van der Waals surface area contributed by atoms with Gasteiger partial charge in [-0.15, -0.1) is 0 Å². The van der Waals surface area contributed by atoms with Crippen molar-refractivity contribution in [2.75, 3.05) is 11.7 Å². The van der Waals surface area contributed by atoms with Gasteiger partial charge in [-0.1, -0.05) is 77.6 Å². The van der Waals surface area contributed by atoms with E-state index in [1.54, 1.807) is 0 Å². The molecule has 0 bridgehead atoms. The lowest BCUT2D eigenvalue weighted by Gasteiger charge is -2.04. The average Bonchev–Trinajstić information content (AvgIpc) is 2.41. The molecular formula is C15H32O6S2. The van der Waals surface area contributed by atoms with Gasteiger partial charge in [0.05, 0.1) is 6.61 Å². The molecule has 8 heteroatoms. The van der Waals surface area contributed by atoms with Crippen molar-refractivity contribution in [2.24, 2.45) is 0 Å². The highest BCUT2D eigenvalue weighted by Crippen LogP contribution is 2.12. The Morgan fingerprint density at radius 2 is 1.09 bits per heavy atom. The summed E-state index contributed by atoms with van der Waals surface area (Å²) in [6.07, 6.45) is 14.0. The second-order valence-corrected chi connectivity index (χ2v) is 9.43. The van der Waals surface area contributed by atoms with Crippen LogP contribution >= 0.6 is 0 Å². The van der Waals surface area contributed by atoms with E-state index < -0.39 is 25.3 Å². The summed E-state index contributed by atoms with van der Waals surface area (Å²) in [5.41, 5.74) is 0. The summed E-state index contributed by atoms with van der Waals surface area (Å²) < 4.78 is 56.3. The van der Waals surface area contributed by atoms with E-state index in [-0.39, 0.29) is 6.61 Å². The monoisotopic (exact) mass is 372 g/mol. The van der Waals surface area contributed by atoms with Crippen molar-refractivity contribution in [3.63, 3.8) is 0 Å². The van der Waals surface area contributed by atoms with Crippen LogP contribution in [0.5, 0.6) is 0 Å². The van der Waals surface area contributed by atoms with Crippen molar-refractivity contribution in [1.29, 1.82) is 0 Å². The molecule has 0 saturated heterocycles. The summed E-state index contributed by atoms with van der Waals surface area (Å²) in [6, 6.07) is 0. The molecule has 0 heterocycles. The van der Waals surface area contributed by atoms with Crippen molar-refractivity contribution < 1.29 is 25.6 Å². The molecule has 140 valence electrons. The van der Waals surface area contributed by atoms with Crippen LogP contribution in [0.4, 0.5) is 0 Å². The Balaban J connectivity index is 3.37. The van der Waals surface area contributed by atoms with E-state index >= 15 is 0 Å². The Kier molecular flexibility index (Phi) is 13.0. The summed E-state index contributed by atoms with van der Waals surface area (Å²) in [5.74, 6) is 0. The standard InChI is InChI=1S/C15H32O6S2/c1-2-3-4-5-6-7-8-9-10-11-12-13-14-21-23(19,20)15-22(16,17)18/h2-15H2,1H3,(H,16,17,18). The lowest BCUT2D eigenvalue weighted by molar-refractivity contribution is 0.308. The highest BCUT2D eigenvalue weighted by atomic mass is 32.3. The number of hydrogen-bond donors (Lipinski definition) is 1. The van der Waals surface area contributed by atoms with Gasteiger partial charge in [0.15, 0.2) is 0 Å². The summed E-state index contributed by atoms with van der Waals surface area (Å²) in [7, 11) is -8.75. The molecule has 0 aliphatic heterocycles. The molecule has 0 aromatic carbocycles. The third-order valence-corrected chi connectivity index (χ3v) is 6.43. The van der Waals surface area contributed by atoms with Crippen LogP contribution in [0.2, 0.25) is 0 Å². The number of rotatable bonds is 16. The number of unbranched alkanes of at least 4 members (excludes halogenated alkanes) is 11. The van der Waals surface area contributed by atoms with Crippen LogP contribution in [0.1, 0.15) is 84.0 Å². The molecule has 1 N–H and O–H groups in total. The maximum atomic E-state index is 11.2. The Bertz CT molecular complexity index is 470. The van der Waals surface area contributed by atoms with Crippen LogP contribution in [0.25, 0.3) is 0 Å². The third kappa shape index (κ3) is 18.0. The molecule has 0 aromatic rings. The highest BCUT2D eigenvalue weighted by molar-refractivity contribution is 8.03. The largest absolute Gasteiger partial charge is 0.285 e. The fraction of sp³-hybridized carbons (Fsp3) is 1.00. The summed E-state index contributed by atoms with van der Waals surface area (Å²) in [4.78, 5) is 0. The average molecular weight is 373 g/mol. The molecule has 0 radical (unpaired) electrons. The minimum atomic E-state index is -4.56. The smallest absolute Gasteiger partial charge is 0.284 e. The molecule has 0 rings (SSSR count). The molecule has 0 aliphatic rings. The summed E-state index contributed by atoms with van der Waals surface area (Å²) in [5, 5.41) is -1.38. The van der Waals surface area contributed by atoms with Gasteiger partial charge in [0.2, 0.25) is 5.08 Å². The van der Waals surface area contributed by atoms with E-state index in [2.05, 4.69) is 11.1 Å². The second kappa shape index (κ2) is 13.1. The maximum Gasteiger partial charge on any atom is 0.284 e. The molecule has 0 saturated carbocycles. The maximum absolute atomic E-state index is 11.2. The van der Waals surface area contributed by atoms with E-state index in [9.17, 15) is 16.8 Å². The Morgan fingerprint density at radius 3 is 1.48 bits per heavy atom. The van der Waals surface area contributed by atoms with Gasteiger partial charge >= 0.3 is 0 Å². The van der Waals surface area contributed by atoms with E-state index in [0.717, 1.165) is 19.3 Å². The van der Waals surface area contributed by atoms with Crippen LogP contribution in [0, 0.1) is 0 Å². The fourth-order valence-electron chi connectivity index (χ4n) is 2.35. The zero-order valence-corrected chi connectivity index (χ0v) is 15.8. The quantitative estimate of drug-likeness (QED) is 0.251. The Morgan fingerprint density at radius 1 is 0.696 bits per heavy atom. The minimum absolute atomic E-state index is 0.0325. The SMILES string of the molecule is CCCCCCCCCCCCCCOS(=O)(=O)CS(=O)(=O)O. The van der Waals surface area contributed by atoms with Gasteiger partial charge in [-0.05, 0) is 6.42 Å². The lowest BCUT2D eigenvalue weighted by Crippen LogP contribution is -2.18. The fourth-order valence-corrected chi connectivity index (χ4v) is 4.45. The molecule has 0 aromatic heterocycles. The third-order valence-electron chi connectivity index (χ3n) is 3.55. The first-order valence-corrected chi connectivity index (χ1v) is 11.8. The lowest BCUT2D eigenvalue weighted by atomic mass is 10.1. The van der Waals surface area contributed by atoms with Crippen LogP contribution in [0.3, 0.4) is 0 Å². The topological polar surface area (TPSA) is 97.7 Å². The van der Waals surface area contributed by atoms with Crippen LogP contribution in [-0.4, -0.2) is 33.1 Å². The zero-order chi connectivity index (χ0) is 17.6. The molecule has 0 spiro atoms. The second-order valence-electron chi connectivity index (χ2n) is 5.97. The van der Waals surface area contributed by atoms with Crippen molar-refractivity contribution in [3.8, 4) is 0 Å². The zero-order valence-electron chi connectivity index (χ0n) is 14.2. The van der Waals surface area contributed by atoms with Crippen molar-refractivity contribution in [3.05, 3.63) is 0 Å². The van der Waals surface area contributed by atoms with E-state index in [1.807, 2.05) is 0 Å². The minimum Gasteiger partial charge on any atom is -0.285 e. The number of hydrogen-bond acceptors (Lipinski definition) is 5. The normalized spacial score (nSPS) is 12.6. The van der Waals surface area contributed by atoms with E-state index in [1.165, 1.54) is 51.4 Å². The Labute approximate surface area is 141 Å². The van der Waals surface area contributed by atoms with Crippen LogP contribution in [-0.2, 0) is 24.4 Å². The van der Waals surface area contributed by atoms with Gasteiger partial charge in [-0.3, -0.25) is 8.74 Å². The van der Waals surface area contributed by atoms with Crippen molar-refractivity contribution in [2.45, 2.75) is 84.0 Å². The predicted octanol–water partition coefficient (Wildman–Crippen LogP) is 3.88. The van der Waals surface area contributed by atoms with Crippen LogP contribution in [0.15, 0.2) is 0 Å². The van der Waals surface area contributed by atoms with Gasteiger partial charge in [0, 0.05) is 0 Å². The van der Waals surface area contributed by atoms with Crippen molar-refractivity contribution in [1.82, 2.24) is 0 Å². The van der Waals surface area contributed by atoms with E-state index in [4.69, 9.17) is 4.55 Å². The molecule has 0 amide bonds. The molecule has 0 fully saturated rings. The highest BCUT2D eigenvalue weighted by Gasteiger charge is 2.20. The van der Waals surface area contributed by atoms with Gasteiger partial charge in [-0.25, -0.2) is 0 Å². The first kappa shape index (κ1) is 22.8. The van der Waals surface area contributed by atoms with Gasteiger partial charge in [0.25, 0.3) is 20.2 Å². The van der Waals surface area contributed by atoms with Gasteiger partial charge in [-0.2, -0.15) is 16.8 Å². The first-order chi connectivity index (χ1) is 10.8. The molecule has 0 atom stereocenters. The summed E-state index contributed by atoms with van der Waals surface area (Å²) in [6.45, 7) is 2.18. The predicted molar refractivity (Wildman–Crippen MR) is 92.4 cm³/mol. The molecular weight excluding hydrogens is 340 g/mol. The van der Waals surface area contributed by atoms with Gasteiger partial charge in [0.1, 0.15) is 0 Å². The summed E-state index contributed by atoms with van der Waals surface area (Å²) >= 11 is 0. The first-order valence-electron chi connectivity index (χ1n) is 8.59. The molecule has 6 nitrogen and oxygen atoms in total. The van der Waals surface area contributed by atoms with E-state index in [0.29, 0.717) is 6.42 Å². The van der Waals surface area contributed by atoms with Gasteiger partial charge < -0.3 is 0 Å². The molecule has 0 unspecified atom stereocenters. The van der Waals surface area contributed by atoms with Crippen molar-refractivity contribution >= 4 is 20.2 Å². The molecule has 23 heavy (non-hydrogen) atoms.